The summed E-state index contributed by atoms with van der Waals surface area (Å²) in [6, 6.07) is 0. The van der Waals surface area contributed by atoms with Crippen LogP contribution in [0.25, 0.3) is 0 Å². The molecule has 1 heterocycles. The third-order valence-corrected chi connectivity index (χ3v) is 4.66. The number of amides is 1. The Balaban J connectivity index is 2.50. The average molecular weight is 344 g/mol. The van der Waals surface area contributed by atoms with Crippen LogP contribution >= 0.6 is 58.7 Å². The van der Waals surface area contributed by atoms with Gasteiger partial charge in [0.15, 0.2) is 5.15 Å². The van der Waals surface area contributed by atoms with Crippen LogP contribution in [0.15, 0.2) is 0 Å². The van der Waals surface area contributed by atoms with Gasteiger partial charge in [-0.15, -0.1) is 0 Å². The van der Waals surface area contributed by atoms with Crippen molar-refractivity contribution in [1.29, 1.82) is 0 Å². The molecule has 1 aromatic rings. The number of rotatable bonds is 7. The quantitative estimate of drug-likeness (QED) is 0.609. The summed E-state index contributed by atoms with van der Waals surface area (Å²) in [4.78, 5) is 14.0. The van der Waals surface area contributed by atoms with E-state index in [0.29, 0.717) is 11.5 Å². The van der Waals surface area contributed by atoms with Crippen LogP contribution in [0, 0.1) is 0 Å². The Morgan fingerprint density at radius 3 is 2.89 bits per heavy atom. The molecule has 0 aliphatic carbocycles. The second-order valence-corrected chi connectivity index (χ2v) is 5.90. The average Bonchev–Trinajstić information content (AvgIpc) is 2.70. The molecular formula is C9H11Cl2N3OS3. The predicted octanol–water partition coefficient (Wildman–Crippen LogP) is 2.76. The summed E-state index contributed by atoms with van der Waals surface area (Å²) in [6.45, 7) is 1.12. The molecule has 0 saturated heterocycles. The first-order valence-electron chi connectivity index (χ1n) is 4.87. The molecule has 18 heavy (non-hydrogen) atoms. The highest BCUT2D eigenvalue weighted by molar-refractivity contribution is 7.98. The summed E-state index contributed by atoms with van der Waals surface area (Å²) in [5.74, 6) is 0.645. The number of nitrogens with zero attached hydrogens (tertiary/aromatic N) is 2. The van der Waals surface area contributed by atoms with Crippen molar-refractivity contribution in [3.05, 3.63) is 15.1 Å². The van der Waals surface area contributed by atoms with E-state index in [4.69, 9.17) is 35.4 Å². The van der Waals surface area contributed by atoms with Crippen molar-refractivity contribution in [3.63, 3.8) is 0 Å². The number of carbonyl (C=O) groups excluding carboxylic acids is 1. The fraction of sp³-hybridized carbons (Fsp3) is 0.444. The Bertz CT molecular complexity index is 427. The van der Waals surface area contributed by atoms with E-state index in [1.807, 2.05) is 11.2 Å². The lowest BCUT2D eigenvalue weighted by Crippen LogP contribution is -2.37. The van der Waals surface area contributed by atoms with Gasteiger partial charge in [0.25, 0.3) is 5.91 Å². The fourth-order valence-corrected chi connectivity index (χ4v) is 2.76. The second-order valence-electron chi connectivity index (χ2n) is 3.19. The van der Waals surface area contributed by atoms with Gasteiger partial charge in [-0.2, -0.15) is 16.1 Å². The molecular weight excluding hydrogens is 333 g/mol. The van der Waals surface area contributed by atoms with Crippen LogP contribution in [0.1, 0.15) is 9.67 Å². The van der Waals surface area contributed by atoms with Gasteiger partial charge in [0.1, 0.15) is 9.90 Å². The minimum atomic E-state index is -0.296. The van der Waals surface area contributed by atoms with Crippen LogP contribution in [0.4, 0.5) is 0 Å². The number of thioether (sulfide) groups is 1. The Morgan fingerprint density at radius 2 is 2.39 bits per heavy atom. The first-order valence-corrected chi connectivity index (χ1v) is 8.26. The molecule has 0 fully saturated rings. The molecule has 1 amide bonds. The molecule has 0 spiro atoms. The standard InChI is InChI=1S/C9H11Cl2N3OS3/c1-17-3-2-14(5-16)4-12-9(15)7-6(10)8(11)13-18-7/h5H,2-4H2,1H3,(H,12,15). The van der Waals surface area contributed by atoms with Crippen molar-refractivity contribution in [2.45, 2.75) is 0 Å². The SMILES string of the molecule is CSCCN(C=S)CNC(=O)c1snc(Cl)c1Cl. The maximum Gasteiger partial charge on any atom is 0.265 e. The number of carbonyl (C=O) groups is 1. The minimum absolute atomic E-state index is 0.154. The summed E-state index contributed by atoms with van der Waals surface area (Å²) in [5, 5.41) is 3.07. The normalized spacial score (nSPS) is 10.2. The lowest BCUT2D eigenvalue weighted by molar-refractivity contribution is 0.0944. The Hall–Kier alpha value is -0.0800. The molecule has 0 aliphatic rings. The molecule has 0 aliphatic heterocycles. The molecule has 1 rings (SSSR count). The zero-order valence-corrected chi connectivity index (χ0v) is 13.4. The van der Waals surface area contributed by atoms with Gasteiger partial charge in [-0.3, -0.25) is 4.79 Å². The number of hydrogen-bond acceptors (Lipinski definition) is 5. The largest absolute Gasteiger partial charge is 0.350 e. The van der Waals surface area contributed by atoms with E-state index in [-0.39, 0.29) is 16.1 Å². The van der Waals surface area contributed by atoms with E-state index >= 15 is 0 Å². The first kappa shape index (κ1) is 16.0. The highest BCUT2D eigenvalue weighted by Crippen LogP contribution is 2.28. The number of hydrogen-bond donors (Lipinski definition) is 1. The van der Waals surface area contributed by atoms with Gasteiger partial charge >= 0.3 is 0 Å². The van der Waals surface area contributed by atoms with E-state index in [0.717, 1.165) is 23.8 Å². The molecule has 9 heteroatoms. The summed E-state index contributed by atoms with van der Waals surface area (Å²) in [7, 11) is 0. The monoisotopic (exact) mass is 343 g/mol. The Labute approximate surface area is 129 Å². The second kappa shape index (κ2) is 8.16. The molecule has 1 N–H and O–H groups in total. The van der Waals surface area contributed by atoms with Crippen molar-refractivity contribution in [1.82, 2.24) is 14.6 Å². The maximum atomic E-state index is 11.8. The fourth-order valence-electron chi connectivity index (χ4n) is 1.03. The van der Waals surface area contributed by atoms with E-state index < -0.39 is 0 Å². The molecule has 0 radical (unpaired) electrons. The number of halogens is 2. The molecule has 100 valence electrons. The maximum absolute atomic E-state index is 11.8. The van der Waals surface area contributed by atoms with Crippen LogP contribution in [-0.2, 0) is 0 Å². The third kappa shape index (κ3) is 4.55. The minimum Gasteiger partial charge on any atom is -0.350 e. The zero-order valence-electron chi connectivity index (χ0n) is 9.48. The topological polar surface area (TPSA) is 45.2 Å². The van der Waals surface area contributed by atoms with Gasteiger partial charge < -0.3 is 10.2 Å². The van der Waals surface area contributed by atoms with E-state index in [2.05, 4.69) is 9.69 Å². The Kier molecular flexibility index (Phi) is 7.25. The summed E-state index contributed by atoms with van der Waals surface area (Å²) in [5.41, 5.74) is 1.53. The van der Waals surface area contributed by atoms with Crippen LogP contribution in [0.2, 0.25) is 10.2 Å². The van der Waals surface area contributed by atoms with Crippen LogP contribution in [0.5, 0.6) is 0 Å². The molecule has 0 atom stereocenters. The van der Waals surface area contributed by atoms with E-state index in [1.54, 1.807) is 11.8 Å². The van der Waals surface area contributed by atoms with Gasteiger partial charge in [0, 0.05) is 12.3 Å². The van der Waals surface area contributed by atoms with Gasteiger partial charge in [-0.1, -0.05) is 35.4 Å². The lowest BCUT2D eigenvalue weighted by Gasteiger charge is -2.18. The van der Waals surface area contributed by atoms with Gasteiger partial charge in [0.05, 0.1) is 12.2 Å². The lowest BCUT2D eigenvalue weighted by atomic mass is 10.4. The molecule has 0 saturated carbocycles. The van der Waals surface area contributed by atoms with Gasteiger partial charge in [0.2, 0.25) is 0 Å². The van der Waals surface area contributed by atoms with E-state index in [9.17, 15) is 4.79 Å². The van der Waals surface area contributed by atoms with Gasteiger partial charge in [-0.25, -0.2) is 0 Å². The summed E-state index contributed by atoms with van der Waals surface area (Å²) < 4.78 is 3.80. The first-order chi connectivity index (χ1) is 8.60. The zero-order chi connectivity index (χ0) is 13.5. The third-order valence-electron chi connectivity index (χ3n) is 1.98. The molecule has 1 aromatic heterocycles. The summed E-state index contributed by atoms with van der Waals surface area (Å²) in [6.07, 6.45) is 2.01. The Morgan fingerprint density at radius 1 is 1.67 bits per heavy atom. The van der Waals surface area contributed by atoms with Crippen molar-refractivity contribution < 1.29 is 4.79 Å². The van der Waals surface area contributed by atoms with Gasteiger partial charge in [-0.05, 0) is 17.8 Å². The number of aromatic nitrogens is 1. The molecule has 0 unspecified atom stereocenters. The highest BCUT2D eigenvalue weighted by Gasteiger charge is 2.17. The van der Waals surface area contributed by atoms with Crippen molar-refractivity contribution in [2.24, 2.45) is 0 Å². The van der Waals surface area contributed by atoms with Crippen molar-refractivity contribution >= 4 is 70.1 Å². The van der Waals surface area contributed by atoms with Crippen molar-refractivity contribution in [2.75, 3.05) is 25.2 Å². The molecule has 0 bridgehead atoms. The smallest absolute Gasteiger partial charge is 0.265 e. The van der Waals surface area contributed by atoms with E-state index in [1.165, 1.54) is 5.49 Å². The number of nitrogens with one attached hydrogen (secondary N) is 1. The highest BCUT2D eigenvalue weighted by atomic mass is 35.5. The molecule has 4 nitrogen and oxygen atoms in total. The van der Waals surface area contributed by atoms with Crippen LogP contribution < -0.4 is 5.32 Å². The van der Waals surface area contributed by atoms with Crippen molar-refractivity contribution in [3.8, 4) is 0 Å². The number of thiocarbonyl (C=S) groups is 1. The van der Waals surface area contributed by atoms with Crippen LogP contribution in [-0.4, -0.2) is 45.9 Å². The summed E-state index contributed by atoms with van der Waals surface area (Å²) >= 11 is 19.1. The molecule has 0 aromatic carbocycles. The predicted molar refractivity (Wildman–Crippen MR) is 83.2 cm³/mol. The van der Waals surface area contributed by atoms with Crippen LogP contribution in [0.3, 0.4) is 0 Å².